The molecule has 0 aliphatic carbocycles. The third-order valence-electron chi connectivity index (χ3n) is 3.59. The van der Waals surface area contributed by atoms with Gasteiger partial charge in [0.1, 0.15) is 0 Å². The summed E-state index contributed by atoms with van der Waals surface area (Å²) in [5.74, 6) is 0. The van der Waals surface area contributed by atoms with E-state index in [1.165, 1.54) is 0 Å². The van der Waals surface area contributed by atoms with E-state index >= 15 is 0 Å². The van der Waals surface area contributed by atoms with Crippen molar-refractivity contribution in [2.75, 3.05) is 6.26 Å². The minimum atomic E-state index is -1.01. The van der Waals surface area contributed by atoms with Crippen LogP contribution in [0.3, 0.4) is 0 Å². The molecule has 1 aliphatic heterocycles. The van der Waals surface area contributed by atoms with Crippen LogP contribution >= 0.6 is 0 Å². The van der Waals surface area contributed by atoms with E-state index in [-0.39, 0.29) is 11.2 Å². The van der Waals surface area contributed by atoms with Gasteiger partial charge in [0.2, 0.25) is 0 Å². The number of aromatic nitrogens is 1. The van der Waals surface area contributed by atoms with Gasteiger partial charge >= 0.3 is 7.12 Å². The number of hydrogen-bond donors (Lipinski definition) is 0. The number of rotatable bonds is 2. The first-order chi connectivity index (χ1) is 8.23. The predicted octanol–water partition coefficient (Wildman–Crippen LogP) is 1.12. The van der Waals surface area contributed by atoms with Crippen molar-refractivity contribution in [1.29, 1.82) is 0 Å². The van der Waals surface area contributed by atoms with Crippen molar-refractivity contribution in [2.24, 2.45) is 0 Å². The fraction of sp³-hybridized carbons (Fsp3) is 0.583. The fourth-order valence-corrected chi connectivity index (χ4v) is 2.13. The van der Waals surface area contributed by atoms with Crippen molar-refractivity contribution in [3.05, 3.63) is 18.3 Å². The van der Waals surface area contributed by atoms with Gasteiger partial charge in [-0.25, -0.2) is 0 Å². The number of nitrogens with zero attached hydrogens (tertiary/aromatic N) is 1. The van der Waals surface area contributed by atoms with E-state index in [9.17, 15) is 4.21 Å². The Labute approximate surface area is 111 Å². The highest BCUT2D eigenvalue weighted by Crippen LogP contribution is 2.36. The Morgan fingerprint density at radius 1 is 1.17 bits per heavy atom. The average Bonchev–Trinajstić information content (AvgIpc) is 2.48. The van der Waals surface area contributed by atoms with Crippen LogP contribution in [0.1, 0.15) is 27.7 Å². The molecule has 0 amide bonds. The second-order valence-corrected chi connectivity index (χ2v) is 6.84. The molecule has 4 nitrogen and oxygen atoms in total. The molecule has 1 fully saturated rings. The first-order valence-electron chi connectivity index (χ1n) is 5.88. The van der Waals surface area contributed by atoms with Crippen molar-refractivity contribution >= 4 is 23.5 Å². The number of pyridine rings is 1. The van der Waals surface area contributed by atoms with E-state index in [0.29, 0.717) is 10.5 Å². The average molecular weight is 267 g/mol. The van der Waals surface area contributed by atoms with Gasteiger partial charge in [-0.3, -0.25) is 9.19 Å². The Balaban J connectivity index is 2.22. The third kappa shape index (κ3) is 2.37. The second-order valence-electron chi connectivity index (χ2n) is 5.46. The third-order valence-corrected chi connectivity index (χ3v) is 4.49. The summed E-state index contributed by atoms with van der Waals surface area (Å²) >= 11 is 0. The minimum absolute atomic E-state index is 0.369. The quantitative estimate of drug-likeness (QED) is 0.753. The molecule has 1 unspecified atom stereocenters. The monoisotopic (exact) mass is 267 g/mol. The highest BCUT2D eigenvalue weighted by atomic mass is 32.2. The Morgan fingerprint density at radius 3 is 2.11 bits per heavy atom. The molecule has 2 heterocycles. The predicted molar refractivity (Wildman–Crippen MR) is 72.3 cm³/mol. The molecular formula is C12H18BNO3S. The van der Waals surface area contributed by atoms with Gasteiger partial charge < -0.3 is 9.31 Å². The summed E-state index contributed by atoms with van der Waals surface area (Å²) < 4.78 is 23.1. The smallest absolute Gasteiger partial charge is 0.398 e. The largest absolute Gasteiger partial charge is 0.514 e. The van der Waals surface area contributed by atoms with Crippen molar-refractivity contribution < 1.29 is 13.5 Å². The molecule has 6 heteroatoms. The lowest BCUT2D eigenvalue weighted by Crippen LogP contribution is -2.41. The topological polar surface area (TPSA) is 48.4 Å². The van der Waals surface area contributed by atoms with E-state index < -0.39 is 17.9 Å². The van der Waals surface area contributed by atoms with Crippen LogP contribution in [0.4, 0.5) is 0 Å². The molecule has 98 valence electrons. The zero-order valence-electron chi connectivity index (χ0n) is 11.4. The van der Waals surface area contributed by atoms with Crippen LogP contribution in [0.5, 0.6) is 0 Å². The van der Waals surface area contributed by atoms with E-state index in [4.69, 9.17) is 9.31 Å². The van der Waals surface area contributed by atoms with Crippen molar-refractivity contribution in [3.8, 4) is 0 Å². The summed E-state index contributed by atoms with van der Waals surface area (Å²) in [6.07, 6.45) is 3.24. The van der Waals surface area contributed by atoms with E-state index in [2.05, 4.69) is 4.98 Å². The molecule has 0 spiro atoms. The van der Waals surface area contributed by atoms with Crippen molar-refractivity contribution in [1.82, 2.24) is 4.98 Å². The van der Waals surface area contributed by atoms with Crippen LogP contribution < -0.4 is 5.59 Å². The van der Waals surface area contributed by atoms with Gasteiger partial charge in [0.15, 0.2) is 0 Å². The molecule has 1 atom stereocenters. The molecule has 0 N–H and O–H groups in total. The summed E-state index contributed by atoms with van der Waals surface area (Å²) in [5.41, 5.74) is -0.0279. The summed E-state index contributed by atoms with van der Waals surface area (Å²) in [6, 6.07) is 3.60. The highest BCUT2D eigenvalue weighted by Gasteiger charge is 2.52. The van der Waals surface area contributed by atoms with E-state index in [0.717, 1.165) is 0 Å². The Bertz CT molecular complexity index is 457. The van der Waals surface area contributed by atoms with Crippen molar-refractivity contribution in [2.45, 2.75) is 43.8 Å². The molecular weight excluding hydrogens is 249 g/mol. The van der Waals surface area contributed by atoms with Gasteiger partial charge in [0.25, 0.3) is 0 Å². The van der Waals surface area contributed by atoms with Crippen LogP contribution in [0.2, 0.25) is 0 Å². The van der Waals surface area contributed by atoms with Gasteiger partial charge in [0.05, 0.1) is 32.5 Å². The minimum Gasteiger partial charge on any atom is -0.398 e. The molecule has 18 heavy (non-hydrogen) atoms. The van der Waals surface area contributed by atoms with Gasteiger partial charge in [0, 0.05) is 12.5 Å². The molecule has 0 bridgehead atoms. The van der Waals surface area contributed by atoms with Gasteiger partial charge in [-0.2, -0.15) is 0 Å². The fourth-order valence-electron chi connectivity index (χ4n) is 1.67. The molecule has 2 rings (SSSR count). The summed E-state index contributed by atoms with van der Waals surface area (Å²) in [7, 11) is -1.48. The molecule has 0 saturated carbocycles. The second kappa shape index (κ2) is 4.44. The maximum Gasteiger partial charge on any atom is 0.514 e. The summed E-state index contributed by atoms with van der Waals surface area (Å²) in [5, 5.41) is 0. The first kappa shape index (κ1) is 13.7. The maximum absolute atomic E-state index is 11.3. The molecule has 0 radical (unpaired) electrons. The van der Waals surface area contributed by atoms with Crippen LogP contribution in [0.15, 0.2) is 23.2 Å². The van der Waals surface area contributed by atoms with Crippen LogP contribution in [-0.2, 0) is 20.1 Å². The summed E-state index contributed by atoms with van der Waals surface area (Å²) in [6.45, 7) is 8.01. The highest BCUT2D eigenvalue weighted by molar-refractivity contribution is 7.84. The lowest BCUT2D eigenvalue weighted by molar-refractivity contribution is 0.00578. The van der Waals surface area contributed by atoms with E-state index in [1.54, 1.807) is 24.6 Å². The number of hydrogen-bond acceptors (Lipinski definition) is 4. The molecule has 1 aromatic heterocycles. The van der Waals surface area contributed by atoms with Crippen LogP contribution in [-0.4, -0.2) is 33.8 Å². The normalized spacial score (nSPS) is 23.1. The van der Waals surface area contributed by atoms with Crippen LogP contribution in [0.25, 0.3) is 0 Å². The summed E-state index contributed by atoms with van der Waals surface area (Å²) in [4.78, 5) is 4.97. The molecule has 1 saturated heterocycles. The van der Waals surface area contributed by atoms with Crippen LogP contribution in [0, 0.1) is 0 Å². The SMILES string of the molecule is CS(=O)c1ccc(B2OC(C)(C)C(C)(C)O2)nc1. The van der Waals surface area contributed by atoms with Gasteiger partial charge in [-0.15, -0.1) is 0 Å². The zero-order chi connectivity index (χ0) is 13.6. The Morgan fingerprint density at radius 2 is 1.72 bits per heavy atom. The van der Waals surface area contributed by atoms with Crippen molar-refractivity contribution in [3.63, 3.8) is 0 Å². The Hall–Kier alpha value is -0.715. The first-order valence-corrected chi connectivity index (χ1v) is 7.44. The molecule has 1 aliphatic rings. The lowest BCUT2D eigenvalue weighted by atomic mass is 9.84. The Kier molecular flexibility index (Phi) is 3.38. The molecule has 0 aromatic carbocycles. The molecule has 1 aromatic rings. The maximum atomic E-state index is 11.3. The standard InChI is InChI=1S/C12H18BNO3S/c1-11(2)12(3,4)17-13(16-11)10-7-6-9(8-14-10)18(5)15/h6-8H,1-5H3. The zero-order valence-corrected chi connectivity index (χ0v) is 12.2. The van der Waals surface area contributed by atoms with Gasteiger partial charge in [-0.05, 0) is 39.8 Å². The van der Waals surface area contributed by atoms with Gasteiger partial charge in [-0.1, -0.05) is 0 Å². The lowest BCUT2D eigenvalue weighted by Gasteiger charge is -2.32. The van der Waals surface area contributed by atoms with E-state index in [1.807, 2.05) is 27.7 Å².